The molecular weight excluding hydrogens is 420 g/mol. The zero-order chi connectivity index (χ0) is 23.8. The average Bonchev–Trinajstić information content (AvgIpc) is 2.88. The fourth-order valence-corrected chi connectivity index (χ4v) is 4.57. The molecule has 2 atom stereocenters. The molecule has 0 spiro atoms. The van der Waals surface area contributed by atoms with E-state index in [9.17, 15) is 4.79 Å². The molecule has 1 amide bonds. The average molecular weight is 455 g/mol. The molecule has 3 aromatic carbocycles. The first-order chi connectivity index (χ1) is 16.6. The third-order valence-corrected chi connectivity index (χ3v) is 6.48. The number of hydrogen-bond acceptors (Lipinski definition) is 3. The summed E-state index contributed by atoms with van der Waals surface area (Å²) in [4.78, 5) is 17.3. The molecule has 176 valence electrons. The summed E-state index contributed by atoms with van der Waals surface area (Å²) < 4.78 is 6.43. The molecule has 0 N–H and O–H groups in total. The van der Waals surface area contributed by atoms with E-state index in [-0.39, 0.29) is 24.1 Å². The highest BCUT2D eigenvalue weighted by Crippen LogP contribution is 2.26. The van der Waals surface area contributed by atoms with Crippen LogP contribution in [0.25, 0.3) is 6.08 Å². The van der Waals surface area contributed by atoms with Crippen LogP contribution in [-0.2, 0) is 9.53 Å². The van der Waals surface area contributed by atoms with Gasteiger partial charge >= 0.3 is 0 Å². The fraction of sp³-hybridized carbons (Fsp3) is 0.300. The summed E-state index contributed by atoms with van der Waals surface area (Å²) in [5.41, 5.74) is 3.37. The van der Waals surface area contributed by atoms with Crippen LogP contribution in [0.5, 0.6) is 0 Å². The van der Waals surface area contributed by atoms with Gasteiger partial charge in [-0.2, -0.15) is 0 Å². The SMILES string of the molecule is C[C@@H]1CN(CCOC(c2ccccc2)c2ccccc2)[C@@H](C)CN1C(=O)/C=C/c1ccccc1. The first kappa shape index (κ1) is 23.9. The number of nitrogens with zero attached hydrogens (tertiary/aromatic N) is 2. The molecule has 4 rings (SSSR count). The van der Waals surface area contributed by atoms with Crippen molar-refractivity contribution >= 4 is 12.0 Å². The molecule has 0 aromatic heterocycles. The van der Waals surface area contributed by atoms with E-state index in [4.69, 9.17) is 4.74 Å². The standard InChI is InChI=1S/C30H34N2O2/c1-24-23-32(29(33)19-18-26-12-6-3-7-13-26)25(2)22-31(24)20-21-34-30(27-14-8-4-9-15-27)28-16-10-5-11-17-28/h3-19,24-25,30H,20-23H2,1-2H3/b19-18+/t24-,25+/m0/s1. The van der Waals surface area contributed by atoms with Crippen molar-refractivity contribution in [2.75, 3.05) is 26.2 Å². The smallest absolute Gasteiger partial charge is 0.246 e. The second-order valence-electron chi connectivity index (χ2n) is 9.00. The number of carbonyl (C=O) groups is 1. The maximum Gasteiger partial charge on any atom is 0.246 e. The highest BCUT2D eigenvalue weighted by atomic mass is 16.5. The molecule has 1 saturated heterocycles. The molecule has 0 bridgehead atoms. The van der Waals surface area contributed by atoms with Crippen LogP contribution in [0.3, 0.4) is 0 Å². The first-order valence-corrected chi connectivity index (χ1v) is 12.1. The second kappa shape index (κ2) is 11.8. The Balaban J connectivity index is 1.33. The van der Waals surface area contributed by atoms with Crippen LogP contribution in [0.15, 0.2) is 97.1 Å². The second-order valence-corrected chi connectivity index (χ2v) is 9.00. The van der Waals surface area contributed by atoms with Gasteiger partial charge < -0.3 is 9.64 Å². The predicted octanol–water partition coefficient (Wildman–Crippen LogP) is 5.43. The zero-order valence-electron chi connectivity index (χ0n) is 20.1. The lowest BCUT2D eigenvalue weighted by atomic mass is 10.0. The Morgan fingerprint density at radius 3 is 2.00 bits per heavy atom. The number of piperazine rings is 1. The van der Waals surface area contributed by atoms with Crippen LogP contribution in [0.2, 0.25) is 0 Å². The summed E-state index contributed by atoms with van der Waals surface area (Å²) in [5, 5.41) is 0. The Hall–Kier alpha value is -3.21. The molecule has 4 nitrogen and oxygen atoms in total. The van der Waals surface area contributed by atoms with Gasteiger partial charge in [-0.1, -0.05) is 91.0 Å². The van der Waals surface area contributed by atoms with E-state index < -0.39 is 0 Å². The summed E-state index contributed by atoms with van der Waals surface area (Å²) in [7, 11) is 0. The van der Waals surface area contributed by atoms with E-state index in [1.54, 1.807) is 6.08 Å². The van der Waals surface area contributed by atoms with E-state index in [1.165, 1.54) is 0 Å². The van der Waals surface area contributed by atoms with Crippen molar-refractivity contribution in [3.8, 4) is 0 Å². The molecule has 0 radical (unpaired) electrons. The molecule has 1 aliphatic rings. The van der Waals surface area contributed by atoms with Crippen molar-refractivity contribution in [2.45, 2.75) is 32.0 Å². The third-order valence-electron chi connectivity index (χ3n) is 6.48. The molecular formula is C30H34N2O2. The molecule has 1 fully saturated rings. The molecule has 34 heavy (non-hydrogen) atoms. The van der Waals surface area contributed by atoms with Crippen molar-refractivity contribution < 1.29 is 9.53 Å². The number of ether oxygens (including phenoxy) is 1. The summed E-state index contributed by atoms with van der Waals surface area (Å²) in [6.07, 6.45) is 3.51. The van der Waals surface area contributed by atoms with Crippen LogP contribution < -0.4 is 0 Å². The molecule has 1 heterocycles. The van der Waals surface area contributed by atoms with Gasteiger partial charge in [-0.05, 0) is 36.6 Å². The van der Waals surface area contributed by atoms with Crippen LogP contribution in [0.1, 0.15) is 36.6 Å². The maximum atomic E-state index is 12.8. The quantitative estimate of drug-likeness (QED) is 0.426. The summed E-state index contributed by atoms with van der Waals surface area (Å²) in [6, 6.07) is 31.2. The van der Waals surface area contributed by atoms with Crippen molar-refractivity contribution in [3.05, 3.63) is 114 Å². The number of rotatable bonds is 8. The molecule has 0 aliphatic carbocycles. The summed E-state index contributed by atoms with van der Waals surface area (Å²) >= 11 is 0. The molecule has 4 heteroatoms. The van der Waals surface area contributed by atoms with Gasteiger partial charge in [0.05, 0.1) is 6.61 Å². The molecule has 3 aromatic rings. The Labute approximate surface area is 203 Å². The highest BCUT2D eigenvalue weighted by Gasteiger charge is 2.31. The topological polar surface area (TPSA) is 32.8 Å². The van der Waals surface area contributed by atoms with Gasteiger partial charge in [0, 0.05) is 37.8 Å². The van der Waals surface area contributed by atoms with E-state index in [0.717, 1.165) is 36.3 Å². The van der Waals surface area contributed by atoms with E-state index >= 15 is 0 Å². The minimum atomic E-state index is -0.0823. The van der Waals surface area contributed by atoms with Gasteiger partial charge in [-0.15, -0.1) is 0 Å². The molecule has 1 aliphatic heterocycles. The number of benzene rings is 3. The maximum absolute atomic E-state index is 12.8. The fourth-order valence-electron chi connectivity index (χ4n) is 4.57. The van der Waals surface area contributed by atoms with Gasteiger partial charge in [0.25, 0.3) is 0 Å². The van der Waals surface area contributed by atoms with Gasteiger partial charge in [-0.25, -0.2) is 0 Å². The first-order valence-electron chi connectivity index (χ1n) is 12.1. The molecule has 0 saturated carbocycles. The lowest BCUT2D eigenvalue weighted by Crippen LogP contribution is -2.58. The van der Waals surface area contributed by atoms with Crippen LogP contribution >= 0.6 is 0 Å². The number of carbonyl (C=O) groups excluding carboxylic acids is 1. The summed E-state index contributed by atoms with van der Waals surface area (Å²) in [5.74, 6) is 0.0762. The van der Waals surface area contributed by atoms with E-state index in [2.05, 4.69) is 67.3 Å². The number of hydrogen-bond donors (Lipinski definition) is 0. The Morgan fingerprint density at radius 1 is 0.853 bits per heavy atom. The van der Waals surface area contributed by atoms with Crippen LogP contribution in [0, 0.1) is 0 Å². The predicted molar refractivity (Wildman–Crippen MR) is 138 cm³/mol. The lowest BCUT2D eigenvalue weighted by Gasteiger charge is -2.44. The van der Waals surface area contributed by atoms with Crippen molar-refractivity contribution in [3.63, 3.8) is 0 Å². The van der Waals surface area contributed by atoms with Crippen molar-refractivity contribution in [1.29, 1.82) is 0 Å². The minimum Gasteiger partial charge on any atom is -0.367 e. The zero-order valence-corrected chi connectivity index (χ0v) is 20.1. The summed E-state index contributed by atoms with van der Waals surface area (Å²) in [6.45, 7) is 7.36. The van der Waals surface area contributed by atoms with Gasteiger partial charge in [0.1, 0.15) is 6.10 Å². The largest absolute Gasteiger partial charge is 0.367 e. The monoisotopic (exact) mass is 454 g/mol. The third kappa shape index (κ3) is 6.22. The van der Waals surface area contributed by atoms with Gasteiger partial charge in [0.2, 0.25) is 5.91 Å². The van der Waals surface area contributed by atoms with Crippen LogP contribution in [-0.4, -0.2) is 54.0 Å². The van der Waals surface area contributed by atoms with Gasteiger partial charge in [-0.3, -0.25) is 9.69 Å². The van der Waals surface area contributed by atoms with E-state index in [0.29, 0.717) is 6.61 Å². The Bertz CT molecular complexity index is 1010. The van der Waals surface area contributed by atoms with E-state index in [1.807, 2.05) is 53.4 Å². The molecule has 0 unspecified atom stereocenters. The normalized spacial score (nSPS) is 19.1. The minimum absolute atomic E-state index is 0.0762. The van der Waals surface area contributed by atoms with Crippen LogP contribution in [0.4, 0.5) is 0 Å². The highest BCUT2D eigenvalue weighted by molar-refractivity contribution is 5.92. The number of amides is 1. The Kier molecular flexibility index (Phi) is 8.29. The Morgan fingerprint density at radius 2 is 1.41 bits per heavy atom. The van der Waals surface area contributed by atoms with Crippen molar-refractivity contribution in [1.82, 2.24) is 9.80 Å². The lowest BCUT2D eigenvalue weighted by molar-refractivity contribution is -0.132. The van der Waals surface area contributed by atoms with Crippen molar-refractivity contribution in [2.24, 2.45) is 0 Å². The van der Waals surface area contributed by atoms with Gasteiger partial charge in [0.15, 0.2) is 0 Å².